The second-order valence-electron chi connectivity index (χ2n) is 6.02. The molecular formula is C18H22N4O3. The number of benzene rings is 1. The zero-order valence-electron chi connectivity index (χ0n) is 14.0. The molecule has 25 heavy (non-hydrogen) atoms. The molecule has 0 radical (unpaired) electrons. The fraction of sp³-hybridized carbons (Fsp3) is 0.389. The molecular weight excluding hydrogens is 320 g/mol. The summed E-state index contributed by atoms with van der Waals surface area (Å²) in [5, 5.41) is 5.22. The van der Waals surface area contributed by atoms with E-state index in [-0.39, 0.29) is 19.1 Å². The fourth-order valence-electron chi connectivity index (χ4n) is 2.52. The number of ether oxygens (including phenoxy) is 1. The van der Waals surface area contributed by atoms with Gasteiger partial charge in [0, 0.05) is 31.4 Å². The normalized spacial score (nSPS) is 13.3. The molecule has 1 heterocycles. The summed E-state index contributed by atoms with van der Waals surface area (Å²) in [5.74, 6) is 1.42. The molecule has 0 atom stereocenters. The molecule has 2 N–H and O–H groups in total. The average molecular weight is 342 g/mol. The maximum absolute atomic E-state index is 11.8. The molecule has 0 unspecified atom stereocenters. The van der Waals surface area contributed by atoms with Crippen LogP contribution in [-0.4, -0.2) is 34.6 Å². The van der Waals surface area contributed by atoms with Gasteiger partial charge in [0.05, 0.1) is 6.54 Å². The maximum atomic E-state index is 11.8. The smallest absolute Gasteiger partial charge is 0.407 e. The summed E-state index contributed by atoms with van der Waals surface area (Å²) in [6.45, 7) is 1.25. The molecule has 1 aromatic heterocycles. The van der Waals surface area contributed by atoms with Crippen molar-refractivity contribution in [2.24, 2.45) is 0 Å². The molecule has 0 aliphatic heterocycles. The molecule has 7 heteroatoms. The zero-order chi connectivity index (χ0) is 17.5. The predicted octanol–water partition coefficient (Wildman–Crippen LogP) is 1.80. The highest BCUT2D eigenvalue weighted by atomic mass is 16.5. The molecule has 7 nitrogen and oxygen atoms in total. The van der Waals surface area contributed by atoms with E-state index in [0.717, 1.165) is 11.4 Å². The quantitative estimate of drug-likeness (QED) is 0.766. The van der Waals surface area contributed by atoms with Crippen LogP contribution in [0.4, 0.5) is 4.79 Å². The average Bonchev–Trinajstić information content (AvgIpc) is 3.38. The number of carbonyl (C=O) groups is 2. The Hall–Kier alpha value is -2.83. The zero-order valence-corrected chi connectivity index (χ0v) is 14.0. The molecule has 132 valence electrons. The lowest BCUT2D eigenvalue weighted by Crippen LogP contribution is -2.38. The topological polar surface area (TPSA) is 85.3 Å². The van der Waals surface area contributed by atoms with E-state index in [2.05, 4.69) is 20.2 Å². The third-order valence-corrected chi connectivity index (χ3v) is 3.97. The third-order valence-electron chi connectivity index (χ3n) is 3.97. The van der Waals surface area contributed by atoms with Crippen LogP contribution in [0, 0.1) is 0 Å². The molecule has 2 aromatic rings. The van der Waals surface area contributed by atoms with E-state index in [4.69, 9.17) is 4.74 Å². The minimum Gasteiger partial charge on any atom is -0.445 e. The molecule has 1 fully saturated rings. The van der Waals surface area contributed by atoms with Crippen molar-refractivity contribution in [1.29, 1.82) is 0 Å². The van der Waals surface area contributed by atoms with E-state index in [0.29, 0.717) is 19.0 Å². The van der Waals surface area contributed by atoms with Gasteiger partial charge in [-0.2, -0.15) is 0 Å². The summed E-state index contributed by atoms with van der Waals surface area (Å²) in [4.78, 5) is 27.7. The van der Waals surface area contributed by atoms with E-state index < -0.39 is 6.09 Å². The van der Waals surface area contributed by atoms with Crippen LogP contribution in [0.15, 0.2) is 42.7 Å². The monoisotopic (exact) mass is 342 g/mol. The van der Waals surface area contributed by atoms with Crippen LogP contribution in [0.25, 0.3) is 0 Å². The second-order valence-corrected chi connectivity index (χ2v) is 6.02. The highest BCUT2D eigenvalue weighted by molar-refractivity contribution is 5.82. The van der Waals surface area contributed by atoms with Crippen molar-refractivity contribution in [1.82, 2.24) is 20.2 Å². The second kappa shape index (κ2) is 8.32. The van der Waals surface area contributed by atoms with Crippen LogP contribution >= 0.6 is 0 Å². The van der Waals surface area contributed by atoms with Gasteiger partial charge >= 0.3 is 6.09 Å². The number of nitrogens with zero attached hydrogens (tertiary/aromatic N) is 2. The van der Waals surface area contributed by atoms with Gasteiger partial charge in [-0.15, -0.1) is 0 Å². The first-order valence-electron chi connectivity index (χ1n) is 8.44. The predicted molar refractivity (Wildman–Crippen MR) is 91.8 cm³/mol. The third kappa shape index (κ3) is 5.34. The Bertz CT molecular complexity index is 710. The van der Waals surface area contributed by atoms with Crippen molar-refractivity contribution < 1.29 is 14.3 Å². The summed E-state index contributed by atoms with van der Waals surface area (Å²) >= 11 is 0. The van der Waals surface area contributed by atoms with Gasteiger partial charge in [-0.25, -0.2) is 9.78 Å². The van der Waals surface area contributed by atoms with Crippen molar-refractivity contribution in [3.8, 4) is 0 Å². The summed E-state index contributed by atoms with van der Waals surface area (Å²) < 4.78 is 7.12. The van der Waals surface area contributed by atoms with E-state index in [1.807, 2.05) is 36.5 Å². The highest BCUT2D eigenvalue weighted by Crippen LogP contribution is 2.38. The first kappa shape index (κ1) is 17.0. The number of nitrogens with one attached hydrogen (secondary N) is 2. The molecule has 0 spiro atoms. The molecule has 0 saturated heterocycles. The lowest BCUT2D eigenvalue weighted by Gasteiger charge is -2.10. The molecule has 1 aliphatic rings. The number of amides is 2. The Labute approximate surface area is 146 Å². The molecule has 1 aromatic carbocycles. The van der Waals surface area contributed by atoms with Gasteiger partial charge in [0.1, 0.15) is 12.4 Å². The standard InChI is InChI=1S/C18H22N4O3/c23-16(12-21-18(24)25-13-14-4-2-1-3-5-14)19-8-10-22-11-9-20-17(22)15-6-7-15/h1-5,9,11,15H,6-8,10,12-13H2,(H,19,23)(H,21,24). The largest absolute Gasteiger partial charge is 0.445 e. The lowest BCUT2D eigenvalue weighted by atomic mass is 10.2. The van der Waals surface area contributed by atoms with Gasteiger partial charge in [0.25, 0.3) is 0 Å². The van der Waals surface area contributed by atoms with Gasteiger partial charge in [-0.1, -0.05) is 30.3 Å². The summed E-state index contributed by atoms with van der Waals surface area (Å²) in [6, 6.07) is 9.38. The fourth-order valence-corrected chi connectivity index (χ4v) is 2.52. The Kier molecular flexibility index (Phi) is 5.66. The van der Waals surface area contributed by atoms with Crippen molar-refractivity contribution in [3.05, 3.63) is 54.1 Å². The highest BCUT2D eigenvalue weighted by Gasteiger charge is 2.27. The van der Waals surface area contributed by atoms with Gasteiger partial charge in [0.15, 0.2) is 0 Å². The Balaban J connectivity index is 1.30. The van der Waals surface area contributed by atoms with Gasteiger partial charge in [-0.3, -0.25) is 4.79 Å². The first-order chi connectivity index (χ1) is 12.2. The number of alkyl carbamates (subject to hydrolysis) is 1. The molecule has 1 aliphatic carbocycles. The minimum absolute atomic E-state index is 0.104. The van der Waals surface area contributed by atoms with Crippen LogP contribution < -0.4 is 10.6 Å². The summed E-state index contributed by atoms with van der Waals surface area (Å²) in [6.07, 6.45) is 5.50. The van der Waals surface area contributed by atoms with Crippen LogP contribution in [-0.2, 0) is 22.7 Å². The number of hydrogen-bond donors (Lipinski definition) is 2. The molecule has 0 bridgehead atoms. The van der Waals surface area contributed by atoms with E-state index in [1.165, 1.54) is 12.8 Å². The number of carbonyl (C=O) groups excluding carboxylic acids is 2. The Morgan fingerprint density at radius 1 is 1.20 bits per heavy atom. The Morgan fingerprint density at radius 2 is 2.00 bits per heavy atom. The number of imidazole rings is 1. The van der Waals surface area contributed by atoms with E-state index in [1.54, 1.807) is 6.20 Å². The maximum Gasteiger partial charge on any atom is 0.407 e. The van der Waals surface area contributed by atoms with Crippen LogP contribution in [0.1, 0.15) is 30.1 Å². The number of hydrogen-bond acceptors (Lipinski definition) is 4. The SMILES string of the molecule is O=C(CNC(=O)OCc1ccccc1)NCCn1ccnc1C1CC1. The van der Waals surface area contributed by atoms with Crippen molar-refractivity contribution in [3.63, 3.8) is 0 Å². The molecule has 1 saturated carbocycles. The van der Waals surface area contributed by atoms with Crippen molar-refractivity contribution >= 4 is 12.0 Å². The van der Waals surface area contributed by atoms with Gasteiger partial charge < -0.3 is 19.9 Å². The summed E-state index contributed by atoms with van der Waals surface area (Å²) in [5.41, 5.74) is 0.897. The first-order valence-corrected chi connectivity index (χ1v) is 8.44. The van der Waals surface area contributed by atoms with Crippen molar-refractivity contribution in [2.45, 2.75) is 31.9 Å². The van der Waals surface area contributed by atoms with Crippen LogP contribution in [0.2, 0.25) is 0 Å². The number of aromatic nitrogens is 2. The van der Waals surface area contributed by atoms with E-state index in [9.17, 15) is 9.59 Å². The van der Waals surface area contributed by atoms with Crippen molar-refractivity contribution in [2.75, 3.05) is 13.1 Å². The Morgan fingerprint density at radius 3 is 2.76 bits per heavy atom. The lowest BCUT2D eigenvalue weighted by molar-refractivity contribution is -0.120. The van der Waals surface area contributed by atoms with Gasteiger partial charge in [-0.05, 0) is 18.4 Å². The number of rotatable bonds is 8. The molecule has 3 rings (SSSR count). The van der Waals surface area contributed by atoms with Gasteiger partial charge in [0.2, 0.25) is 5.91 Å². The van der Waals surface area contributed by atoms with Crippen LogP contribution in [0.5, 0.6) is 0 Å². The van der Waals surface area contributed by atoms with E-state index >= 15 is 0 Å². The summed E-state index contributed by atoms with van der Waals surface area (Å²) in [7, 11) is 0. The van der Waals surface area contributed by atoms with Crippen LogP contribution in [0.3, 0.4) is 0 Å². The molecule has 2 amide bonds. The minimum atomic E-state index is -0.607.